The summed E-state index contributed by atoms with van der Waals surface area (Å²) >= 11 is 0. The number of carbonyl (C=O) groups is 1. The van der Waals surface area contributed by atoms with E-state index in [9.17, 15) is 13.9 Å². The number of hydrogen-bond acceptors (Lipinski definition) is 8. The van der Waals surface area contributed by atoms with Crippen molar-refractivity contribution in [2.45, 2.75) is 26.7 Å². The number of aryl methyl sites for hydroxylation is 2. The van der Waals surface area contributed by atoms with Crippen LogP contribution in [-0.4, -0.2) is 50.4 Å². The minimum atomic E-state index is -3.35. The lowest BCUT2D eigenvalue weighted by atomic mass is 9.97. The van der Waals surface area contributed by atoms with Crippen LogP contribution in [-0.2, 0) is 0 Å². The molecule has 0 radical (unpaired) electrons. The molecule has 2 aliphatic rings. The summed E-state index contributed by atoms with van der Waals surface area (Å²) in [5.74, 6) is 0.694. The fourth-order valence-electron chi connectivity index (χ4n) is 4.77. The molecule has 5 N–H and O–H groups in total. The molecule has 0 spiro atoms. The number of likely N-dealkylation sites (tertiary alicyclic amines) is 1. The van der Waals surface area contributed by atoms with Crippen molar-refractivity contribution in [1.82, 2.24) is 9.88 Å². The number of nitrogens with zero attached hydrogens (tertiary/aromatic N) is 3. The predicted octanol–water partition coefficient (Wildman–Crippen LogP) is 4.49. The third kappa shape index (κ3) is 4.77. The summed E-state index contributed by atoms with van der Waals surface area (Å²) in [5, 5.41) is 0.878. The van der Waals surface area contributed by atoms with Crippen LogP contribution in [0, 0.1) is 19.8 Å². The number of ether oxygens (including phenoxy) is 1. The highest BCUT2D eigenvalue weighted by Gasteiger charge is 2.28. The summed E-state index contributed by atoms with van der Waals surface area (Å²) in [6.45, 7) is 5.61. The van der Waals surface area contributed by atoms with Gasteiger partial charge in [-0.05, 0) is 68.0 Å². The molecule has 0 aliphatic carbocycles. The number of aromatic nitrogens is 1. The van der Waals surface area contributed by atoms with Crippen molar-refractivity contribution in [2.24, 2.45) is 16.0 Å². The predicted molar refractivity (Wildman–Crippen MR) is 139 cm³/mol. The van der Waals surface area contributed by atoms with E-state index in [1.54, 1.807) is 18.2 Å². The van der Waals surface area contributed by atoms with E-state index < -0.39 is 11.0 Å². The fraction of sp³-hybridized carbons (Fsp3) is 0.320. The molecule has 9 nitrogen and oxygen atoms in total. The van der Waals surface area contributed by atoms with Crippen molar-refractivity contribution < 1.29 is 18.6 Å². The van der Waals surface area contributed by atoms with Crippen molar-refractivity contribution in [1.29, 1.82) is 0 Å². The number of hydrogen-bond donors (Lipinski definition) is 4. The van der Waals surface area contributed by atoms with Gasteiger partial charge in [-0.2, -0.15) is 0 Å². The van der Waals surface area contributed by atoms with E-state index in [1.807, 2.05) is 43.0 Å². The van der Waals surface area contributed by atoms with Crippen LogP contribution in [0.25, 0.3) is 10.9 Å². The van der Waals surface area contributed by atoms with Crippen LogP contribution in [0.4, 0.5) is 5.69 Å². The standard InChI is InChI=1S/C25H29N5O4S/c1-15-8-9-20-18(11-15)19(12-16(2)27-20)25(31)30-10-4-5-17(13-30)14-34-22-7-3-6-21-23(22)24(26)29-35(32,33)28-21/h3,6-9,11-12,17,28,32-33H,4-5,10,13-14H2,1-2H3,(H2,26,29)/t17-/m0/s1. The van der Waals surface area contributed by atoms with Crippen molar-refractivity contribution in [3.05, 3.63) is 64.8 Å². The van der Waals surface area contributed by atoms with Crippen LogP contribution >= 0.6 is 11.0 Å². The first kappa shape index (κ1) is 23.4. The van der Waals surface area contributed by atoms with Gasteiger partial charge in [0.1, 0.15) is 5.75 Å². The molecule has 3 aromatic rings. The van der Waals surface area contributed by atoms with Gasteiger partial charge < -0.3 is 15.4 Å². The number of anilines is 1. The van der Waals surface area contributed by atoms with Crippen LogP contribution in [0.3, 0.4) is 0 Å². The van der Waals surface area contributed by atoms with E-state index >= 15 is 0 Å². The molecule has 0 unspecified atom stereocenters. The summed E-state index contributed by atoms with van der Waals surface area (Å²) in [6.07, 6.45) is 1.83. The van der Waals surface area contributed by atoms with Crippen molar-refractivity contribution >= 4 is 39.3 Å². The van der Waals surface area contributed by atoms with E-state index in [2.05, 4.69) is 14.1 Å². The molecular formula is C25H29N5O4S. The zero-order valence-electron chi connectivity index (χ0n) is 19.7. The third-order valence-electron chi connectivity index (χ3n) is 6.36. The summed E-state index contributed by atoms with van der Waals surface area (Å²) in [6, 6.07) is 13.1. The molecule has 184 valence electrons. The number of fused-ring (bicyclic) bond motifs is 2. The normalized spacial score (nSPS) is 19.9. The van der Waals surface area contributed by atoms with Gasteiger partial charge in [-0.3, -0.25) is 23.6 Å². The second-order valence-corrected chi connectivity index (χ2v) is 10.6. The molecule has 0 bridgehead atoms. The Morgan fingerprint density at radius 2 is 2.09 bits per heavy atom. The van der Waals surface area contributed by atoms with Crippen molar-refractivity contribution in [3.63, 3.8) is 0 Å². The number of benzene rings is 2. The molecule has 2 aliphatic heterocycles. The molecular weight excluding hydrogens is 466 g/mol. The Hall–Kier alpha value is -3.34. The Morgan fingerprint density at radius 1 is 1.26 bits per heavy atom. The summed E-state index contributed by atoms with van der Waals surface area (Å²) < 4.78 is 32.2. The van der Waals surface area contributed by atoms with Crippen LogP contribution in [0.2, 0.25) is 0 Å². The first-order valence-corrected chi connectivity index (χ1v) is 13.1. The maximum atomic E-state index is 13.6. The summed E-state index contributed by atoms with van der Waals surface area (Å²) in [5.41, 5.74) is 10.4. The Morgan fingerprint density at radius 3 is 2.91 bits per heavy atom. The van der Waals surface area contributed by atoms with Gasteiger partial charge in [-0.15, -0.1) is 4.40 Å². The van der Waals surface area contributed by atoms with E-state index in [1.165, 1.54) is 0 Å². The van der Waals surface area contributed by atoms with Crippen LogP contribution in [0.1, 0.15) is 40.0 Å². The van der Waals surface area contributed by atoms with Gasteiger partial charge in [0.15, 0.2) is 5.84 Å². The molecule has 1 amide bonds. The SMILES string of the molecule is Cc1ccc2nc(C)cc(C(=O)N3CCC[C@H](COc4cccc5c4C(N)=NS(O)(O)N5)C3)c2c1. The number of rotatable bonds is 4. The molecule has 0 saturated carbocycles. The van der Waals surface area contributed by atoms with E-state index in [0.717, 1.165) is 35.0 Å². The number of amidine groups is 1. The minimum absolute atomic E-state index is 0.0127. The van der Waals surface area contributed by atoms with E-state index in [0.29, 0.717) is 42.3 Å². The average Bonchev–Trinajstić information content (AvgIpc) is 2.81. The molecule has 1 aromatic heterocycles. The molecule has 3 heterocycles. The maximum Gasteiger partial charge on any atom is 0.254 e. The second kappa shape index (κ2) is 9.03. The molecule has 10 heteroatoms. The lowest BCUT2D eigenvalue weighted by Crippen LogP contribution is -2.41. The summed E-state index contributed by atoms with van der Waals surface area (Å²) in [7, 11) is -3.35. The lowest BCUT2D eigenvalue weighted by Gasteiger charge is -2.35. The van der Waals surface area contributed by atoms with Crippen molar-refractivity contribution in [2.75, 3.05) is 24.4 Å². The zero-order valence-corrected chi connectivity index (χ0v) is 20.5. The lowest BCUT2D eigenvalue weighted by molar-refractivity contribution is 0.0635. The fourth-order valence-corrected chi connectivity index (χ4v) is 5.64. The van der Waals surface area contributed by atoms with Gasteiger partial charge >= 0.3 is 0 Å². The van der Waals surface area contributed by atoms with Gasteiger partial charge in [0.25, 0.3) is 5.91 Å². The second-order valence-electron chi connectivity index (χ2n) is 9.18. The van der Waals surface area contributed by atoms with Gasteiger partial charge in [-0.25, -0.2) is 0 Å². The monoisotopic (exact) mass is 495 g/mol. The highest BCUT2D eigenvalue weighted by Crippen LogP contribution is 2.46. The number of nitrogens with two attached hydrogens (primary N) is 1. The molecule has 35 heavy (non-hydrogen) atoms. The highest BCUT2D eigenvalue weighted by molar-refractivity contribution is 8.24. The Bertz CT molecular complexity index is 1340. The minimum Gasteiger partial charge on any atom is -0.492 e. The van der Waals surface area contributed by atoms with Gasteiger partial charge in [0.05, 0.1) is 28.9 Å². The first-order valence-electron chi connectivity index (χ1n) is 11.5. The van der Waals surface area contributed by atoms with E-state index in [-0.39, 0.29) is 17.7 Å². The number of amides is 1. The Labute approximate surface area is 205 Å². The molecule has 1 fully saturated rings. The van der Waals surface area contributed by atoms with Gasteiger partial charge in [0, 0.05) is 30.1 Å². The Balaban J connectivity index is 1.32. The van der Waals surface area contributed by atoms with Gasteiger partial charge in [0.2, 0.25) is 0 Å². The topological polar surface area (TPSA) is 133 Å². The van der Waals surface area contributed by atoms with Crippen LogP contribution < -0.4 is 15.2 Å². The zero-order chi connectivity index (χ0) is 24.7. The van der Waals surface area contributed by atoms with Crippen molar-refractivity contribution in [3.8, 4) is 5.75 Å². The first-order chi connectivity index (χ1) is 16.7. The largest absolute Gasteiger partial charge is 0.492 e. The third-order valence-corrected chi connectivity index (χ3v) is 7.30. The quantitative estimate of drug-likeness (QED) is 0.419. The number of carbonyl (C=O) groups excluding carboxylic acids is 1. The molecule has 5 rings (SSSR count). The van der Waals surface area contributed by atoms with Gasteiger partial charge in [-0.1, -0.05) is 17.7 Å². The van der Waals surface area contributed by atoms with Crippen LogP contribution in [0.5, 0.6) is 5.75 Å². The average molecular weight is 496 g/mol. The number of nitrogens with one attached hydrogen (secondary N) is 1. The summed E-state index contributed by atoms with van der Waals surface area (Å²) in [4.78, 5) is 20.1. The highest BCUT2D eigenvalue weighted by atomic mass is 32.3. The van der Waals surface area contributed by atoms with E-state index in [4.69, 9.17) is 10.5 Å². The smallest absolute Gasteiger partial charge is 0.254 e. The maximum absolute atomic E-state index is 13.6. The Kier molecular flexibility index (Phi) is 6.04. The number of piperidine rings is 1. The molecule has 1 atom stereocenters. The number of pyridine rings is 1. The molecule has 1 saturated heterocycles. The molecule has 2 aromatic carbocycles. The van der Waals surface area contributed by atoms with Crippen LogP contribution in [0.15, 0.2) is 46.9 Å².